The number of hydrogen-bond acceptors (Lipinski definition) is 3. The molecule has 0 aromatic heterocycles. The molecule has 0 saturated heterocycles. The maximum atomic E-state index is 9.87. The van der Waals surface area contributed by atoms with Gasteiger partial charge < -0.3 is 9.80 Å². The van der Waals surface area contributed by atoms with Crippen LogP contribution in [0.25, 0.3) is 10.5 Å². The maximum absolute atomic E-state index is 10.7. The molecular weight excluding hydrogens is 567 g/mol. The molecule has 0 atom stereocenters. The third-order valence-corrected chi connectivity index (χ3v) is 6.99. The van der Waals surface area contributed by atoms with Gasteiger partial charge in [-0.1, -0.05) is 36.0 Å². The quantitative estimate of drug-likeness (QED) is 0.197. The number of allylic oxidation sites excluding steroid dienone is 8. The molecule has 0 fully saturated rings. The number of benzene rings is 2. The van der Waals surface area contributed by atoms with E-state index in [9.17, 15) is 25.2 Å². The molecule has 0 N–H and O–H groups in total. The fourth-order valence-corrected chi connectivity index (χ4v) is 4.87. The van der Waals surface area contributed by atoms with E-state index in [1.807, 2.05) is 11.8 Å². The monoisotopic (exact) mass is 599 g/mol. The van der Waals surface area contributed by atoms with Crippen LogP contribution < -0.4 is 9.80 Å². The van der Waals surface area contributed by atoms with Crippen molar-refractivity contribution in [2.24, 2.45) is 0 Å². The fraction of sp³-hybridized carbons (Fsp3) is 0.207. The van der Waals surface area contributed by atoms with Crippen LogP contribution in [-0.4, -0.2) is 52.6 Å². The third-order valence-electron chi connectivity index (χ3n) is 5.85. The van der Waals surface area contributed by atoms with Gasteiger partial charge >= 0.3 is 33.0 Å². The van der Waals surface area contributed by atoms with E-state index >= 15 is 0 Å². The molecule has 0 unspecified atom stereocenters. The number of thioether (sulfide) groups is 1. The molecule has 40 heavy (non-hydrogen) atoms. The van der Waals surface area contributed by atoms with Gasteiger partial charge in [0.05, 0.1) is 0 Å². The average molecular weight is 600 g/mol. The molecular formula is C29H32F6N3PS. The van der Waals surface area contributed by atoms with Crippen molar-refractivity contribution in [3.05, 3.63) is 107 Å². The van der Waals surface area contributed by atoms with Crippen molar-refractivity contribution in [1.82, 2.24) is 0 Å². The molecule has 3 nitrogen and oxygen atoms in total. The summed E-state index contributed by atoms with van der Waals surface area (Å²) in [5, 5.41) is 0. The van der Waals surface area contributed by atoms with Crippen LogP contribution in [0.4, 0.5) is 36.6 Å². The van der Waals surface area contributed by atoms with Gasteiger partial charge in [0, 0.05) is 61.5 Å². The van der Waals surface area contributed by atoms with E-state index in [-0.39, 0.29) is 0 Å². The van der Waals surface area contributed by atoms with E-state index in [2.05, 4.69) is 142 Å². The molecule has 1 aliphatic carbocycles. The molecule has 1 aliphatic heterocycles. The minimum absolute atomic E-state index is 1.21. The second kappa shape index (κ2) is 11.0. The Morgan fingerprint density at radius 1 is 0.625 bits per heavy atom. The summed E-state index contributed by atoms with van der Waals surface area (Å²) < 4.78 is 61.3. The van der Waals surface area contributed by atoms with Crippen LogP contribution in [0.15, 0.2) is 95.5 Å². The van der Waals surface area contributed by atoms with Crippen LogP contribution in [0.2, 0.25) is 0 Å². The van der Waals surface area contributed by atoms with Crippen LogP contribution in [0.1, 0.15) is 11.1 Å². The van der Waals surface area contributed by atoms with Crippen molar-refractivity contribution >= 4 is 47.1 Å². The van der Waals surface area contributed by atoms with E-state index in [0.717, 1.165) is 0 Å². The topological polar surface area (TPSA) is 9.49 Å². The molecule has 0 bridgehead atoms. The Labute approximate surface area is 235 Å². The zero-order valence-corrected chi connectivity index (χ0v) is 24.8. The molecule has 0 spiro atoms. The van der Waals surface area contributed by atoms with E-state index in [1.165, 1.54) is 49.2 Å². The van der Waals surface area contributed by atoms with E-state index in [4.69, 9.17) is 0 Å². The van der Waals surface area contributed by atoms with Gasteiger partial charge in [0.2, 0.25) is 0 Å². The van der Waals surface area contributed by atoms with E-state index in [0.29, 0.717) is 0 Å². The van der Waals surface area contributed by atoms with Gasteiger partial charge in [-0.3, -0.25) is 0 Å². The summed E-state index contributed by atoms with van der Waals surface area (Å²) in [4.78, 5) is 6.79. The predicted octanol–water partition coefficient (Wildman–Crippen LogP) is 9.47. The molecule has 11 heteroatoms. The Balaban J connectivity index is 0.000000559. The number of rotatable bonds is 4. The Kier molecular flexibility index (Phi) is 8.59. The van der Waals surface area contributed by atoms with Crippen molar-refractivity contribution in [2.75, 3.05) is 52.1 Å². The van der Waals surface area contributed by atoms with Crippen molar-refractivity contribution in [3.8, 4) is 0 Å². The standard InChI is InChI=1S/C29H32N3S.F6P/c1-30(2)25-13-7-21(8-14-25)24-19-28(22-9-15-26(16-10-22)31(3)4)33-29(20-24)23-11-17-27(18-12-23)32(5)6;1-7(2,3,4,5)6/h7-20H,1-6H3;/q+1;-1. The molecule has 2 aromatic rings. The Morgan fingerprint density at radius 3 is 1.45 bits per heavy atom. The first-order valence-electron chi connectivity index (χ1n) is 12.1. The van der Waals surface area contributed by atoms with Crippen molar-refractivity contribution in [3.63, 3.8) is 0 Å². The molecule has 0 radical (unpaired) electrons. The summed E-state index contributed by atoms with van der Waals surface area (Å²) in [6.45, 7) is 0. The molecule has 216 valence electrons. The van der Waals surface area contributed by atoms with Crippen LogP contribution in [0, 0.1) is 0 Å². The molecule has 1 heterocycles. The Bertz CT molecular complexity index is 1410. The molecule has 4 rings (SSSR count). The zero-order valence-electron chi connectivity index (χ0n) is 23.0. The van der Waals surface area contributed by atoms with E-state index < -0.39 is 7.81 Å². The molecule has 0 amide bonds. The summed E-state index contributed by atoms with van der Waals surface area (Å²) in [7, 11) is 1.79. The number of nitrogens with zero attached hydrogens (tertiary/aromatic N) is 3. The first kappa shape index (κ1) is 31.3. The Morgan fingerprint density at radius 2 is 1.05 bits per heavy atom. The van der Waals surface area contributed by atoms with Crippen molar-refractivity contribution < 1.29 is 29.8 Å². The second-order valence-corrected chi connectivity index (χ2v) is 12.9. The van der Waals surface area contributed by atoms with Gasteiger partial charge in [-0.2, -0.15) is 0 Å². The number of hydrogen-bond donors (Lipinski definition) is 0. The first-order chi connectivity index (χ1) is 18.3. The van der Waals surface area contributed by atoms with Crippen LogP contribution in [0.3, 0.4) is 0 Å². The molecule has 0 saturated carbocycles. The molecule has 2 aliphatic rings. The average Bonchev–Trinajstić information content (AvgIpc) is 2.86. The Hall–Kier alpha value is -3.23. The van der Waals surface area contributed by atoms with Crippen LogP contribution in [-0.2, 0) is 0 Å². The normalized spacial score (nSPS) is 16.8. The van der Waals surface area contributed by atoms with Crippen LogP contribution in [0.5, 0.6) is 0 Å². The zero-order chi connectivity index (χ0) is 29.9. The van der Waals surface area contributed by atoms with Gasteiger partial charge in [-0.25, -0.2) is 4.58 Å². The first-order valence-corrected chi connectivity index (χ1v) is 15.0. The van der Waals surface area contributed by atoms with E-state index in [1.54, 1.807) is 0 Å². The van der Waals surface area contributed by atoms with Crippen molar-refractivity contribution in [1.29, 1.82) is 0 Å². The van der Waals surface area contributed by atoms with Gasteiger partial charge in [0.25, 0.3) is 0 Å². The van der Waals surface area contributed by atoms with Crippen molar-refractivity contribution in [2.45, 2.75) is 0 Å². The summed E-state index contributed by atoms with van der Waals surface area (Å²) in [5.41, 5.74) is 8.56. The third kappa shape index (κ3) is 10.1. The van der Waals surface area contributed by atoms with Crippen LogP contribution >= 0.6 is 19.6 Å². The van der Waals surface area contributed by atoms with Gasteiger partial charge in [-0.15, -0.1) is 0 Å². The summed E-state index contributed by atoms with van der Waals surface area (Å²) in [6.07, 6.45) is 13.5. The summed E-state index contributed by atoms with van der Waals surface area (Å²) in [5.74, 6) is 0. The predicted molar refractivity (Wildman–Crippen MR) is 161 cm³/mol. The SMILES string of the molecule is CN(C)c1ccc(C2=CC(=C3C=CC(=[N+](C)C)C=C3)SC(c3ccc(N(C)C)cc3)=C2)cc1.F[P-](F)(F)(F)(F)F. The fourth-order valence-electron chi connectivity index (χ4n) is 3.75. The van der Waals surface area contributed by atoms with Gasteiger partial charge in [-0.05, 0) is 70.8 Å². The number of anilines is 2. The van der Waals surface area contributed by atoms with Gasteiger partial charge in [0.15, 0.2) is 5.71 Å². The molecule has 2 aromatic carbocycles. The number of halogens is 6. The minimum atomic E-state index is -10.7. The van der Waals surface area contributed by atoms with Gasteiger partial charge in [0.1, 0.15) is 14.1 Å². The second-order valence-electron chi connectivity index (χ2n) is 9.86. The summed E-state index contributed by atoms with van der Waals surface area (Å²) >= 11 is 1.84. The summed E-state index contributed by atoms with van der Waals surface area (Å²) in [6, 6.07) is 17.6.